The van der Waals surface area contributed by atoms with Crippen LogP contribution in [0.5, 0.6) is 0 Å². The molecule has 0 aliphatic carbocycles. The Morgan fingerprint density at radius 3 is 2.46 bits per heavy atom. The lowest BCUT2D eigenvalue weighted by Gasteiger charge is -2.36. The van der Waals surface area contributed by atoms with E-state index in [0.29, 0.717) is 19.5 Å². The van der Waals surface area contributed by atoms with Crippen LogP contribution in [0.15, 0.2) is 72.8 Å². The van der Waals surface area contributed by atoms with E-state index in [9.17, 15) is 14.3 Å². The molecule has 1 atom stereocenters. The number of hydrogen-bond acceptors (Lipinski definition) is 2. The van der Waals surface area contributed by atoms with E-state index in [1.54, 1.807) is 12.1 Å². The fraction of sp³-hybridized carbons (Fsp3) is 0.174. The van der Waals surface area contributed by atoms with E-state index in [4.69, 9.17) is 0 Å². The summed E-state index contributed by atoms with van der Waals surface area (Å²) in [6.45, 7) is 1.33. The van der Waals surface area contributed by atoms with Crippen molar-refractivity contribution in [1.82, 2.24) is 5.32 Å². The molecule has 0 radical (unpaired) electrons. The summed E-state index contributed by atoms with van der Waals surface area (Å²) < 4.78 is 13.2. The zero-order valence-electron chi connectivity index (χ0n) is 15.3. The molecule has 0 bridgehead atoms. The summed E-state index contributed by atoms with van der Waals surface area (Å²) in [5.74, 6) is -0.263. The van der Waals surface area contributed by atoms with Gasteiger partial charge in [-0.15, -0.1) is 0 Å². The van der Waals surface area contributed by atoms with Gasteiger partial charge in [-0.1, -0.05) is 48.5 Å². The first kappa shape index (κ1) is 18.0. The number of halogens is 1. The van der Waals surface area contributed by atoms with Gasteiger partial charge in [-0.3, -0.25) is 0 Å². The molecule has 3 aromatic carbocycles. The molecule has 1 amide bonds. The fourth-order valence-electron chi connectivity index (χ4n) is 3.80. The zero-order valence-corrected chi connectivity index (χ0v) is 15.3. The van der Waals surface area contributed by atoms with Crippen LogP contribution >= 0.6 is 0 Å². The summed E-state index contributed by atoms with van der Waals surface area (Å²) >= 11 is 0. The number of carboxylic acid groups (broad SMARTS) is 1. The van der Waals surface area contributed by atoms with Crippen molar-refractivity contribution >= 4 is 11.8 Å². The number of hydrogen-bond donors (Lipinski definition) is 2. The van der Waals surface area contributed by atoms with Crippen molar-refractivity contribution in [2.24, 2.45) is 0 Å². The molecule has 4 rings (SSSR count). The van der Waals surface area contributed by atoms with Crippen molar-refractivity contribution in [2.45, 2.75) is 19.0 Å². The first-order chi connectivity index (χ1) is 13.6. The van der Waals surface area contributed by atoms with E-state index in [2.05, 4.69) is 34.5 Å². The zero-order chi connectivity index (χ0) is 19.5. The average Bonchev–Trinajstić information content (AvgIpc) is 2.68. The van der Waals surface area contributed by atoms with Gasteiger partial charge in [0, 0.05) is 18.8 Å². The van der Waals surface area contributed by atoms with E-state index in [1.807, 2.05) is 24.3 Å². The Morgan fingerprint density at radius 1 is 1.04 bits per heavy atom. The number of fused-ring (bicyclic) bond motifs is 1. The van der Waals surface area contributed by atoms with Gasteiger partial charge in [0.1, 0.15) is 5.82 Å². The Labute approximate surface area is 163 Å². The molecular formula is C23H21FN2O2. The first-order valence-corrected chi connectivity index (χ1v) is 9.26. The van der Waals surface area contributed by atoms with Crippen LogP contribution in [0.2, 0.25) is 0 Å². The maximum atomic E-state index is 13.2. The molecule has 1 aliphatic heterocycles. The van der Waals surface area contributed by atoms with Crippen LogP contribution in [0.4, 0.5) is 14.9 Å². The summed E-state index contributed by atoms with van der Waals surface area (Å²) in [5.41, 5.74) is 5.30. The lowest BCUT2D eigenvalue weighted by molar-refractivity contribution is 0.189. The molecule has 1 unspecified atom stereocenters. The molecule has 1 aliphatic rings. The van der Waals surface area contributed by atoms with E-state index in [0.717, 1.165) is 22.4 Å². The maximum absolute atomic E-state index is 13.2. The second-order valence-corrected chi connectivity index (χ2v) is 7.07. The Kier molecular flexibility index (Phi) is 4.98. The van der Waals surface area contributed by atoms with Gasteiger partial charge in [-0.05, 0) is 52.9 Å². The number of nitrogens with zero attached hydrogens (tertiary/aromatic N) is 1. The predicted molar refractivity (Wildman–Crippen MR) is 108 cm³/mol. The highest BCUT2D eigenvalue weighted by Crippen LogP contribution is 2.33. The molecule has 2 N–H and O–H groups in total. The molecule has 0 aromatic heterocycles. The van der Waals surface area contributed by atoms with Crippen LogP contribution in [-0.2, 0) is 13.0 Å². The second-order valence-electron chi connectivity index (χ2n) is 7.07. The van der Waals surface area contributed by atoms with Crippen molar-refractivity contribution in [3.63, 3.8) is 0 Å². The molecular weight excluding hydrogens is 355 g/mol. The SMILES string of the molecule is O=C(O)NC1Cc2cc(-c3ccc(F)cc3)ccc2N(Cc2ccccc2)C1. The predicted octanol–water partition coefficient (Wildman–Crippen LogP) is 4.69. The van der Waals surface area contributed by atoms with Crippen molar-refractivity contribution in [3.05, 3.63) is 89.7 Å². The highest BCUT2D eigenvalue weighted by Gasteiger charge is 2.26. The van der Waals surface area contributed by atoms with Crippen molar-refractivity contribution in [2.75, 3.05) is 11.4 Å². The van der Waals surface area contributed by atoms with Gasteiger partial charge >= 0.3 is 6.09 Å². The highest BCUT2D eigenvalue weighted by molar-refractivity contribution is 5.71. The number of amides is 1. The third-order valence-corrected chi connectivity index (χ3v) is 5.05. The van der Waals surface area contributed by atoms with Gasteiger partial charge in [0.2, 0.25) is 0 Å². The Hall–Kier alpha value is -3.34. The van der Waals surface area contributed by atoms with Crippen molar-refractivity contribution in [3.8, 4) is 11.1 Å². The average molecular weight is 376 g/mol. The monoisotopic (exact) mass is 376 g/mol. The van der Waals surface area contributed by atoms with Crippen LogP contribution in [0.1, 0.15) is 11.1 Å². The molecule has 4 nitrogen and oxygen atoms in total. The first-order valence-electron chi connectivity index (χ1n) is 9.26. The van der Waals surface area contributed by atoms with Crippen LogP contribution in [0.3, 0.4) is 0 Å². The summed E-state index contributed by atoms with van der Waals surface area (Å²) in [4.78, 5) is 13.4. The van der Waals surface area contributed by atoms with Crippen molar-refractivity contribution < 1.29 is 14.3 Å². The van der Waals surface area contributed by atoms with Crippen LogP contribution < -0.4 is 10.2 Å². The van der Waals surface area contributed by atoms with Gasteiger partial charge in [0.15, 0.2) is 0 Å². The number of anilines is 1. The molecule has 3 aromatic rings. The second kappa shape index (κ2) is 7.72. The molecule has 1 heterocycles. The standard InChI is InChI=1S/C23H21FN2O2/c24-20-9-6-17(7-10-20)18-8-11-22-19(12-18)13-21(25-23(27)28)15-26(22)14-16-4-2-1-3-5-16/h1-12,21,25H,13-15H2,(H,27,28). The van der Waals surface area contributed by atoms with Crippen LogP contribution in [0, 0.1) is 5.82 Å². The van der Waals surface area contributed by atoms with E-state index in [-0.39, 0.29) is 11.9 Å². The highest BCUT2D eigenvalue weighted by atomic mass is 19.1. The van der Waals surface area contributed by atoms with Crippen LogP contribution in [0.25, 0.3) is 11.1 Å². The van der Waals surface area contributed by atoms with E-state index in [1.165, 1.54) is 17.7 Å². The fourth-order valence-corrected chi connectivity index (χ4v) is 3.80. The third-order valence-electron chi connectivity index (χ3n) is 5.05. The van der Waals surface area contributed by atoms with Crippen LogP contribution in [-0.4, -0.2) is 23.8 Å². The lowest BCUT2D eigenvalue weighted by Crippen LogP contribution is -2.47. The van der Waals surface area contributed by atoms with Gasteiger partial charge in [-0.2, -0.15) is 0 Å². The number of rotatable bonds is 4. The molecule has 0 saturated carbocycles. The minimum atomic E-state index is -1.01. The Morgan fingerprint density at radius 2 is 1.75 bits per heavy atom. The Bertz CT molecular complexity index is 974. The quantitative estimate of drug-likeness (QED) is 0.694. The van der Waals surface area contributed by atoms with E-state index < -0.39 is 6.09 Å². The molecule has 142 valence electrons. The number of nitrogens with one attached hydrogen (secondary N) is 1. The van der Waals surface area contributed by atoms with E-state index >= 15 is 0 Å². The smallest absolute Gasteiger partial charge is 0.404 e. The maximum Gasteiger partial charge on any atom is 0.404 e. The third kappa shape index (κ3) is 3.98. The Balaban J connectivity index is 1.67. The van der Waals surface area contributed by atoms with Gasteiger partial charge in [-0.25, -0.2) is 9.18 Å². The van der Waals surface area contributed by atoms with Gasteiger partial charge in [0.05, 0.1) is 6.04 Å². The van der Waals surface area contributed by atoms with Crippen molar-refractivity contribution in [1.29, 1.82) is 0 Å². The molecule has 0 fully saturated rings. The molecule has 28 heavy (non-hydrogen) atoms. The summed E-state index contributed by atoms with van der Waals surface area (Å²) in [6, 6.07) is 22.6. The molecule has 0 saturated heterocycles. The lowest BCUT2D eigenvalue weighted by atomic mass is 9.93. The molecule has 0 spiro atoms. The summed E-state index contributed by atoms with van der Waals surface area (Å²) in [5, 5.41) is 11.8. The minimum Gasteiger partial charge on any atom is -0.465 e. The number of benzene rings is 3. The number of carbonyl (C=O) groups is 1. The van der Waals surface area contributed by atoms with Gasteiger partial charge < -0.3 is 15.3 Å². The molecule has 5 heteroatoms. The summed E-state index contributed by atoms with van der Waals surface area (Å²) in [7, 11) is 0. The minimum absolute atomic E-state index is 0.183. The van der Waals surface area contributed by atoms with Gasteiger partial charge in [0.25, 0.3) is 0 Å². The largest absolute Gasteiger partial charge is 0.465 e. The topological polar surface area (TPSA) is 52.6 Å². The summed E-state index contributed by atoms with van der Waals surface area (Å²) in [6.07, 6.45) is -0.384. The normalized spacial score (nSPS) is 15.8.